The Morgan fingerprint density at radius 2 is 1.76 bits per heavy atom. The van der Waals surface area contributed by atoms with Crippen molar-refractivity contribution in [3.8, 4) is 5.75 Å². The number of urea groups is 1. The van der Waals surface area contributed by atoms with E-state index < -0.39 is 28.2 Å². The molecule has 0 saturated carbocycles. The monoisotopic (exact) mass is 576 g/mol. The van der Waals surface area contributed by atoms with Gasteiger partial charge < -0.3 is 15.0 Å². The number of likely N-dealkylation sites (N-methyl/N-ethyl adjacent to an activating group) is 1. The Morgan fingerprint density at radius 3 is 2.42 bits per heavy atom. The van der Waals surface area contributed by atoms with Crippen LogP contribution in [0.5, 0.6) is 5.75 Å². The minimum absolute atomic E-state index is 0.0879. The van der Waals surface area contributed by atoms with Crippen molar-refractivity contribution in [3.63, 3.8) is 0 Å². The molecule has 0 aliphatic carbocycles. The first-order chi connectivity index (χ1) is 18.1. The number of carbonyl (C=O) groups is 2. The van der Waals surface area contributed by atoms with Crippen LogP contribution in [0, 0.1) is 0 Å². The quantitative estimate of drug-likeness (QED) is 0.418. The Hall–Kier alpha value is -3.47. The normalized spacial score (nSPS) is 13.4. The molecule has 38 heavy (non-hydrogen) atoms. The van der Waals surface area contributed by atoms with Gasteiger partial charge in [-0.3, -0.25) is 9.10 Å². The van der Waals surface area contributed by atoms with Crippen LogP contribution >= 0.6 is 23.2 Å². The standard InChI is InChI=1S/C26H26Cl2N4O5S/c1-31(20-8-10-21(37-2)11-9-20)25(33)23(14-17-6-4-3-5-7-17)29-26(34)30-38(35,36)32-13-12-18-15-19(27)16-22(28)24(18)32/h3-11,15-16,23H,12-14H2,1-2H3,(H2,29,30,34)/t23-/m0/s1. The number of ether oxygens (including phenoxy) is 1. The molecular formula is C26H26Cl2N4O5S. The Kier molecular flexibility index (Phi) is 8.35. The van der Waals surface area contributed by atoms with E-state index >= 15 is 0 Å². The van der Waals surface area contributed by atoms with Crippen LogP contribution in [0.15, 0.2) is 66.7 Å². The summed E-state index contributed by atoms with van der Waals surface area (Å²) in [7, 11) is -1.21. The molecule has 0 aromatic heterocycles. The molecule has 4 rings (SSSR count). The maximum atomic E-state index is 13.5. The Bertz CT molecular complexity index is 1440. The fourth-order valence-electron chi connectivity index (χ4n) is 4.24. The van der Waals surface area contributed by atoms with Crippen LogP contribution in [0.1, 0.15) is 11.1 Å². The zero-order valence-electron chi connectivity index (χ0n) is 20.6. The van der Waals surface area contributed by atoms with Crippen LogP contribution < -0.4 is 24.0 Å². The second-order valence-electron chi connectivity index (χ2n) is 8.64. The zero-order valence-corrected chi connectivity index (χ0v) is 23.0. The van der Waals surface area contributed by atoms with E-state index in [1.807, 2.05) is 35.1 Å². The molecule has 3 amide bonds. The molecule has 9 nitrogen and oxygen atoms in total. The van der Waals surface area contributed by atoms with Crippen molar-refractivity contribution in [2.45, 2.75) is 18.9 Å². The number of hydrogen-bond donors (Lipinski definition) is 2. The molecule has 200 valence electrons. The number of hydrogen-bond acceptors (Lipinski definition) is 5. The number of carbonyl (C=O) groups excluding carboxylic acids is 2. The molecule has 2 N–H and O–H groups in total. The van der Waals surface area contributed by atoms with Gasteiger partial charge in [-0.1, -0.05) is 53.5 Å². The summed E-state index contributed by atoms with van der Waals surface area (Å²) in [6.45, 7) is 0.0879. The fourth-order valence-corrected chi connectivity index (χ4v) is 6.12. The van der Waals surface area contributed by atoms with Crippen LogP contribution in [-0.4, -0.2) is 47.1 Å². The number of nitrogens with zero attached hydrogens (tertiary/aromatic N) is 2. The molecule has 3 aromatic rings. The Labute approximate surface area is 231 Å². The first-order valence-corrected chi connectivity index (χ1v) is 13.8. The summed E-state index contributed by atoms with van der Waals surface area (Å²) >= 11 is 12.3. The van der Waals surface area contributed by atoms with Gasteiger partial charge in [0.15, 0.2) is 0 Å². The van der Waals surface area contributed by atoms with Crippen molar-refractivity contribution in [1.82, 2.24) is 10.0 Å². The molecule has 0 bridgehead atoms. The third-order valence-electron chi connectivity index (χ3n) is 6.13. The van der Waals surface area contributed by atoms with E-state index in [9.17, 15) is 18.0 Å². The molecule has 0 saturated heterocycles. The average molecular weight is 577 g/mol. The predicted molar refractivity (Wildman–Crippen MR) is 148 cm³/mol. The van der Waals surface area contributed by atoms with Gasteiger partial charge in [0.2, 0.25) is 5.91 Å². The van der Waals surface area contributed by atoms with Crippen molar-refractivity contribution in [3.05, 3.63) is 87.9 Å². The lowest BCUT2D eigenvalue weighted by atomic mass is 10.0. The van der Waals surface area contributed by atoms with Gasteiger partial charge in [-0.15, -0.1) is 0 Å². The first-order valence-electron chi connectivity index (χ1n) is 11.6. The highest BCUT2D eigenvalue weighted by Gasteiger charge is 2.34. The number of methoxy groups -OCH3 is 1. The summed E-state index contributed by atoms with van der Waals surface area (Å²) in [4.78, 5) is 27.8. The van der Waals surface area contributed by atoms with Gasteiger partial charge >= 0.3 is 16.2 Å². The van der Waals surface area contributed by atoms with Crippen molar-refractivity contribution >= 4 is 56.7 Å². The molecule has 1 aliphatic rings. The van der Waals surface area contributed by atoms with Crippen LogP contribution in [0.25, 0.3) is 0 Å². The summed E-state index contributed by atoms with van der Waals surface area (Å²) in [5, 5.41) is 3.09. The Morgan fingerprint density at radius 1 is 1.08 bits per heavy atom. The molecule has 1 heterocycles. The number of anilines is 2. The van der Waals surface area contributed by atoms with Gasteiger partial charge in [0.05, 0.1) is 17.8 Å². The lowest BCUT2D eigenvalue weighted by Crippen LogP contribution is -2.54. The third kappa shape index (κ3) is 6.15. The summed E-state index contributed by atoms with van der Waals surface area (Å²) < 4.78 is 34.5. The summed E-state index contributed by atoms with van der Waals surface area (Å²) in [6.07, 6.45) is 0.532. The van der Waals surface area contributed by atoms with Gasteiger partial charge in [-0.05, 0) is 53.9 Å². The molecule has 0 fully saturated rings. The van der Waals surface area contributed by atoms with Crippen molar-refractivity contribution in [1.29, 1.82) is 0 Å². The highest BCUT2D eigenvalue weighted by Crippen LogP contribution is 2.38. The number of amides is 3. The van der Waals surface area contributed by atoms with E-state index in [1.165, 1.54) is 11.0 Å². The van der Waals surface area contributed by atoms with E-state index in [2.05, 4.69) is 5.32 Å². The zero-order chi connectivity index (χ0) is 27.4. The SMILES string of the molecule is COc1ccc(N(C)C(=O)[C@H](Cc2ccccc2)NC(=O)NS(=O)(=O)N2CCc3cc(Cl)cc(Cl)c32)cc1. The van der Waals surface area contributed by atoms with E-state index in [1.54, 1.807) is 44.5 Å². The molecular weight excluding hydrogens is 551 g/mol. The minimum Gasteiger partial charge on any atom is -0.497 e. The molecule has 0 spiro atoms. The second kappa shape index (κ2) is 11.5. The number of fused-ring (bicyclic) bond motifs is 1. The van der Waals surface area contributed by atoms with Crippen molar-refractivity contribution in [2.24, 2.45) is 0 Å². The van der Waals surface area contributed by atoms with Crippen LogP contribution in [0.3, 0.4) is 0 Å². The summed E-state index contributed by atoms with van der Waals surface area (Å²) in [5.41, 5.74) is 2.29. The third-order valence-corrected chi connectivity index (χ3v) is 8.02. The van der Waals surface area contributed by atoms with E-state index in [0.29, 0.717) is 28.4 Å². The van der Waals surface area contributed by atoms with Crippen LogP contribution in [-0.2, 0) is 27.8 Å². The van der Waals surface area contributed by atoms with E-state index in [-0.39, 0.29) is 23.7 Å². The number of halogens is 2. The maximum absolute atomic E-state index is 13.5. The second-order valence-corrected chi connectivity index (χ2v) is 11.1. The Balaban J connectivity index is 1.53. The minimum atomic E-state index is -4.33. The predicted octanol–water partition coefficient (Wildman–Crippen LogP) is 4.18. The van der Waals surface area contributed by atoms with Crippen LogP contribution in [0.4, 0.5) is 16.2 Å². The highest BCUT2D eigenvalue weighted by molar-refractivity contribution is 7.91. The van der Waals surface area contributed by atoms with Gasteiger partial charge in [-0.25, -0.2) is 9.52 Å². The van der Waals surface area contributed by atoms with Gasteiger partial charge in [0.25, 0.3) is 0 Å². The summed E-state index contributed by atoms with van der Waals surface area (Å²) in [6, 6.07) is 16.9. The van der Waals surface area contributed by atoms with Crippen LogP contribution in [0.2, 0.25) is 10.0 Å². The highest BCUT2D eigenvalue weighted by atomic mass is 35.5. The average Bonchev–Trinajstić information content (AvgIpc) is 3.33. The number of rotatable bonds is 8. The molecule has 12 heteroatoms. The van der Waals surface area contributed by atoms with Crippen molar-refractivity contribution < 1.29 is 22.7 Å². The molecule has 1 aliphatic heterocycles. The topological polar surface area (TPSA) is 108 Å². The van der Waals surface area contributed by atoms with Gasteiger partial charge in [0.1, 0.15) is 11.8 Å². The van der Waals surface area contributed by atoms with E-state index in [4.69, 9.17) is 27.9 Å². The van der Waals surface area contributed by atoms with Gasteiger partial charge in [0, 0.05) is 30.7 Å². The number of nitrogens with one attached hydrogen (secondary N) is 2. The summed E-state index contributed by atoms with van der Waals surface area (Å²) in [5.74, 6) is 0.194. The lowest BCUT2D eigenvalue weighted by Gasteiger charge is -2.26. The number of benzene rings is 3. The molecule has 0 unspecified atom stereocenters. The smallest absolute Gasteiger partial charge is 0.330 e. The largest absolute Gasteiger partial charge is 0.497 e. The van der Waals surface area contributed by atoms with Gasteiger partial charge in [-0.2, -0.15) is 8.42 Å². The maximum Gasteiger partial charge on any atom is 0.330 e. The lowest BCUT2D eigenvalue weighted by molar-refractivity contribution is -0.120. The first kappa shape index (κ1) is 27.6. The molecule has 3 aromatic carbocycles. The van der Waals surface area contributed by atoms with E-state index in [0.717, 1.165) is 9.87 Å². The fraction of sp³-hybridized carbons (Fsp3) is 0.231. The van der Waals surface area contributed by atoms with Crippen molar-refractivity contribution in [2.75, 3.05) is 29.9 Å². The molecule has 0 radical (unpaired) electrons. The molecule has 1 atom stereocenters.